The summed E-state index contributed by atoms with van der Waals surface area (Å²) in [6.07, 6.45) is -2.09. The SMILES string of the molecule is CC1(C)CN(S(=O)(=O)c2cnn(CC(F)(F)F)c2)CCC1N.Cl. The van der Waals surface area contributed by atoms with E-state index in [-0.39, 0.29) is 36.4 Å². The zero-order valence-electron chi connectivity index (χ0n) is 12.7. The standard InChI is InChI=1S/C12H19F3N4O2S.ClH/c1-11(2)7-19(4-3-10(11)16)22(20,21)9-5-17-18(6-9)8-12(13,14)15;/h5-6,10H,3-4,7-8,16H2,1-2H3;1H. The molecule has 1 aliphatic rings. The third-order valence-corrected chi connectivity index (χ3v) is 5.66. The van der Waals surface area contributed by atoms with E-state index >= 15 is 0 Å². The number of rotatable bonds is 3. The van der Waals surface area contributed by atoms with Crippen molar-refractivity contribution in [2.24, 2.45) is 11.1 Å². The Morgan fingerprint density at radius 1 is 1.43 bits per heavy atom. The molecule has 0 aliphatic carbocycles. The molecule has 11 heteroatoms. The van der Waals surface area contributed by atoms with Crippen LogP contribution in [0.25, 0.3) is 0 Å². The second-order valence-corrected chi connectivity index (χ2v) is 8.15. The normalized spacial score (nSPS) is 22.6. The highest BCUT2D eigenvalue weighted by Crippen LogP contribution is 2.31. The van der Waals surface area contributed by atoms with E-state index in [9.17, 15) is 21.6 Å². The highest BCUT2D eigenvalue weighted by Gasteiger charge is 2.39. The molecule has 1 aliphatic heterocycles. The molecule has 1 unspecified atom stereocenters. The number of nitrogens with zero attached hydrogens (tertiary/aromatic N) is 3. The predicted octanol–water partition coefficient (Wildman–Crippen LogP) is 1.62. The molecule has 0 spiro atoms. The van der Waals surface area contributed by atoms with Gasteiger partial charge >= 0.3 is 6.18 Å². The zero-order chi connectivity index (χ0) is 16.8. The first-order valence-corrected chi connectivity index (χ1v) is 8.21. The Kier molecular flexibility index (Phi) is 5.78. The van der Waals surface area contributed by atoms with Gasteiger partial charge in [-0.05, 0) is 11.8 Å². The van der Waals surface area contributed by atoms with E-state index in [0.717, 1.165) is 12.4 Å². The van der Waals surface area contributed by atoms with Crippen LogP contribution in [-0.4, -0.2) is 47.8 Å². The molecule has 2 heterocycles. The summed E-state index contributed by atoms with van der Waals surface area (Å²) in [6, 6.07) is -0.119. The van der Waals surface area contributed by atoms with Crippen LogP contribution in [0.15, 0.2) is 17.3 Å². The fourth-order valence-corrected chi connectivity index (χ4v) is 4.01. The van der Waals surface area contributed by atoms with E-state index in [1.807, 2.05) is 13.8 Å². The van der Waals surface area contributed by atoms with Crippen LogP contribution in [0.2, 0.25) is 0 Å². The summed E-state index contributed by atoms with van der Waals surface area (Å²) in [5, 5.41) is 3.48. The summed E-state index contributed by atoms with van der Waals surface area (Å²) in [5.41, 5.74) is 5.57. The molecule has 0 amide bonds. The Morgan fingerprint density at radius 2 is 2.04 bits per heavy atom. The maximum atomic E-state index is 12.5. The third kappa shape index (κ3) is 4.59. The van der Waals surface area contributed by atoms with E-state index < -0.39 is 28.2 Å². The van der Waals surface area contributed by atoms with Crippen LogP contribution in [0.4, 0.5) is 13.2 Å². The molecule has 6 nitrogen and oxygen atoms in total. The van der Waals surface area contributed by atoms with Crippen LogP contribution in [0, 0.1) is 5.41 Å². The average molecular weight is 377 g/mol. The minimum atomic E-state index is -4.45. The molecular weight excluding hydrogens is 357 g/mol. The van der Waals surface area contributed by atoms with Crippen LogP contribution < -0.4 is 5.73 Å². The van der Waals surface area contributed by atoms with Crippen LogP contribution >= 0.6 is 12.4 Å². The van der Waals surface area contributed by atoms with Crippen molar-refractivity contribution in [3.8, 4) is 0 Å². The first-order chi connectivity index (χ1) is 9.92. The smallest absolute Gasteiger partial charge is 0.327 e. The number of sulfonamides is 1. The number of nitrogens with two attached hydrogens (primary N) is 1. The fraction of sp³-hybridized carbons (Fsp3) is 0.750. The van der Waals surface area contributed by atoms with Crippen LogP contribution in [0.5, 0.6) is 0 Å². The third-order valence-electron chi connectivity index (χ3n) is 3.87. The predicted molar refractivity (Wildman–Crippen MR) is 80.7 cm³/mol. The number of hydrogen-bond acceptors (Lipinski definition) is 4. The summed E-state index contributed by atoms with van der Waals surface area (Å²) in [5.74, 6) is 0. The summed E-state index contributed by atoms with van der Waals surface area (Å²) in [4.78, 5) is -0.233. The molecule has 134 valence electrons. The fourth-order valence-electron chi connectivity index (χ4n) is 2.43. The van der Waals surface area contributed by atoms with Gasteiger partial charge in [-0.3, -0.25) is 4.68 Å². The highest BCUT2D eigenvalue weighted by molar-refractivity contribution is 7.89. The van der Waals surface area contributed by atoms with Gasteiger partial charge in [0.25, 0.3) is 0 Å². The van der Waals surface area contributed by atoms with Crippen molar-refractivity contribution in [1.82, 2.24) is 14.1 Å². The molecule has 1 aromatic rings. The van der Waals surface area contributed by atoms with Gasteiger partial charge in [0.05, 0.1) is 6.20 Å². The van der Waals surface area contributed by atoms with Gasteiger partial charge in [-0.15, -0.1) is 12.4 Å². The molecule has 0 radical (unpaired) electrons. The van der Waals surface area contributed by atoms with Gasteiger partial charge in [-0.25, -0.2) is 8.42 Å². The summed E-state index contributed by atoms with van der Waals surface area (Å²) < 4.78 is 63.8. The van der Waals surface area contributed by atoms with Gasteiger partial charge < -0.3 is 5.73 Å². The number of halogens is 4. The van der Waals surface area contributed by atoms with E-state index in [4.69, 9.17) is 5.73 Å². The monoisotopic (exact) mass is 376 g/mol. The minimum Gasteiger partial charge on any atom is -0.327 e. The maximum absolute atomic E-state index is 12.5. The van der Waals surface area contributed by atoms with E-state index in [1.54, 1.807) is 0 Å². The molecule has 23 heavy (non-hydrogen) atoms. The van der Waals surface area contributed by atoms with Gasteiger partial charge in [0, 0.05) is 25.3 Å². The van der Waals surface area contributed by atoms with Gasteiger partial charge in [0.15, 0.2) is 0 Å². The van der Waals surface area contributed by atoms with Crippen molar-refractivity contribution >= 4 is 22.4 Å². The van der Waals surface area contributed by atoms with E-state index in [2.05, 4.69) is 5.10 Å². The Morgan fingerprint density at radius 3 is 2.57 bits per heavy atom. The van der Waals surface area contributed by atoms with Gasteiger partial charge in [-0.1, -0.05) is 13.8 Å². The quantitative estimate of drug-likeness (QED) is 0.869. The van der Waals surface area contributed by atoms with Crippen LogP contribution in [0.1, 0.15) is 20.3 Å². The largest absolute Gasteiger partial charge is 0.408 e. The first-order valence-electron chi connectivity index (χ1n) is 6.77. The molecular formula is C12H20ClF3N4O2S. The lowest BCUT2D eigenvalue weighted by molar-refractivity contribution is -0.142. The van der Waals surface area contributed by atoms with Crippen molar-refractivity contribution in [2.45, 2.75) is 43.9 Å². The Labute approximate surface area is 139 Å². The lowest BCUT2D eigenvalue weighted by Gasteiger charge is -2.41. The minimum absolute atomic E-state index is 0. The van der Waals surface area contributed by atoms with Gasteiger partial charge in [0.2, 0.25) is 10.0 Å². The first kappa shape index (κ1) is 20.2. The van der Waals surface area contributed by atoms with Crippen molar-refractivity contribution in [1.29, 1.82) is 0 Å². The van der Waals surface area contributed by atoms with Crippen molar-refractivity contribution in [3.63, 3.8) is 0 Å². The number of alkyl halides is 3. The number of piperidine rings is 1. The van der Waals surface area contributed by atoms with E-state index in [1.165, 1.54) is 4.31 Å². The van der Waals surface area contributed by atoms with Crippen molar-refractivity contribution in [2.75, 3.05) is 13.1 Å². The Hall–Kier alpha value is -0.840. The average Bonchev–Trinajstić information content (AvgIpc) is 2.79. The second kappa shape index (κ2) is 6.58. The second-order valence-electron chi connectivity index (χ2n) is 6.21. The Bertz CT molecular complexity index is 645. The lowest BCUT2D eigenvalue weighted by atomic mass is 9.81. The molecule has 2 N–H and O–H groups in total. The highest BCUT2D eigenvalue weighted by atomic mass is 35.5. The van der Waals surface area contributed by atoms with Crippen molar-refractivity contribution in [3.05, 3.63) is 12.4 Å². The van der Waals surface area contributed by atoms with Crippen LogP contribution in [0.3, 0.4) is 0 Å². The molecule has 2 rings (SSSR count). The molecule has 1 atom stereocenters. The summed E-state index contributed by atoms with van der Waals surface area (Å²) >= 11 is 0. The van der Waals surface area contributed by atoms with Crippen molar-refractivity contribution < 1.29 is 21.6 Å². The maximum Gasteiger partial charge on any atom is 0.408 e. The number of hydrogen-bond donors (Lipinski definition) is 1. The molecule has 0 saturated carbocycles. The van der Waals surface area contributed by atoms with Gasteiger partial charge in [-0.2, -0.15) is 22.6 Å². The van der Waals surface area contributed by atoms with Gasteiger partial charge in [0.1, 0.15) is 11.4 Å². The Balaban J connectivity index is 0.00000264. The molecule has 1 fully saturated rings. The lowest BCUT2D eigenvalue weighted by Crippen LogP contribution is -2.53. The van der Waals surface area contributed by atoms with E-state index in [0.29, 0.717) is 11.1 Å². The summed E-state index contributed by atoms with van der Waals surface area (Å²) in [7, 11) is -3.86. The molecule has 0 aromatic carbocycles. The summed E-state index contributed by atoms with van der Waals surface area (Å²) in [6.45, 7) is 2.88. The zero-order valence-corrected chi connectivity index (χ0v) is 14.4. The number of aromatic nitrogens is 2. The molecule has 1 aromatic heterocycles. The van der Waals surface area contributed by atoms with Crippen LogP contribution in [-0.2, 0) is 16.6 Å². The molecule has 1 saturated heterocycles. The topological polar surface area (TPSA) is 81.2 Å². The molecule has 0 bridgehead atoms.